The second kappa shape index (κ2) is 7.95. The fourth-order valence-electron chi connectivity index (χ4n) is 2.08. The van der Waals surface area contributed by atoms with Crippen LogP contribution in [0.15, 0.2) is 12.1 Å². The van der Waals surface area contributed by atoms with Gasteiger partial charge < -0.3 is 20.4 Å². The first kappa shape index (κ1) is 14.8. The van der Waals surface area contributed by atoms with Crippen molar-refractivity contribution >= 4 is 0 Å². The van der Waals surface area contributed by atoms with Gasteiger partial charge >= 0.3 is 0 Å². The van der Waals surface area contributed by atoms with Crippen molar-refractivity contribution in [3.05, 3.63) is 23.3 Å². The van der Waals surface area contributed by atoms with E-state index in [4.69, 9.17) is 20.4 Å². The average molecular weight is 254 g/mol. The molecule has 0 unspecified atom stereocenters. The van der Waals surface area contributed by atoms with E-state index in [-0.39, 0.29) is 22.6 Å². The van der Waals surface area contributed by atoms with Crippen LogP contribution < -0.4 is 0 Å². The molecule has 1 aliphatic carbocycles. The SMILES string of the molecule is C1CCCCC1.OCc1c(O)ccc(O)c1CO. The van der Waals surface area contributed by atoms with Crippen LogP contribution in [-0.2, 0) is 13.2 Å². The summed E-state index contributed by atoms with van der Waals surface area (Å²) in [7, 11) is 0. The van der Waals surface area contributed by atoms with E-state index in [0.29, 0.717) is 0 Å². The number of phenols is 2. The molecule has 0 bridgehead atoms. The van der Waals surface area contributed by atoms with Crippen molar-refractivity contribution < 1.29 is 20.4 Å². The van der Waals surface area contributed by atoms with Crippen LogP contribution in [0.2, 0.25) is 0 Å². The molecule has 1 aromatic rings. The Labute approximate surface area is 108 Å². The molecular weight excluding hydrogens is 232 g/mol. The number of aliphatic hydroxyl groups excluding tert-OH is 2. The van der Waals surface area contributed by atoms with Crippen LogP contribution in [0.25, 0.3) is 0 Å². The van der Waals surface area contributed by atoms with Crippen molar-refractivity contribution in [3.63, 3.8) is 0 Å². The lowest BCUT2D eigenvalue weighted by molar-refractivity contribution is 0.250. The summed E-state index contributed by atoms with van der Waals surface area (Å²) in [6.45, 7) is -0.813. The Morgan fingerprint density at radius 2 is 0.944 bits per heavy atom. The highest BCUT2D eigenvalue weighted by Crippen LogP contribution is 2.28. The quantitative estimate of drug-likeness (QED) is 0.611. The average Bonchev–Trinajstić information content (AvgIpc) is 2.43. The normalized spacial score (nSPS) is 14.8. The molecule has 102 valence electrons. The van der Waals surface area contributed by atoms with Gasteiger partial charge in [-0.2, -0.15) is 0 Å². The number of hydrogen-bond donors (Lipinski definition) is 4. The molecule has 4 heteroatoms. The topological polar surface area (TPSA) is 80.9 Å². The molecule has 0 spiro atoms. The molecule has 1 aliphatic rings. The molecule has 1 aromatic carbocycles. The molecule has 4 nitrogen and oxygen atoms in total. The van der Waals surface area contributed by atoms with Crippen LogP contribution in [0.1, 0.15) is 49.7 Å². The lowest BCUT2D eigenvalue weighted by Crippen LogP contribution is -1.94. The van der Waals surface area contributed by atoms with Gasteiger partial charge in [-0.05, 0) is 12.1 Å². The molecule has 2 rings (SSSR count). The Morgan fingerprint density at radius 1 is 0.667 bits per heavy atom. The highest BCUT2D eigenvalue weighted by atomic mass is 16.3. The fraction of sp³-hybridized carbons (Fsp3) is 0.571. The number of benzene rings is 1. The first-order valence-corrected chi connectivity index (χ1v) is 6.45. The number of hydrogen-bond acceptors (Lipinski definition) is 4. The highest BCUT2D eigenvalue weighted by molar-refractivity contribution is 5.46. The third-order valence-electron chi connectivity index (χ3n) is 3.20. The monoisotopic (exact) mass is 254 g/mol. The van der Waals surface area contributed by atoms with Crippen LogP contribution in [0, 0.1) is 0 Å². The standard InChI is InChI=1S/C8H10O4.C6H12/c9-3-5-6(4-10)8(12)2-1-7(5)11;1-2-4-6-5-3-1/h1-2,9-12H,3-4H2;1-6H2. The van der Waals surface area contributed by atoms with Crippen molar-refractivity contribution in [3.8, 4) is 11.5 Å². The third kappa shape index (κ3) is 4.20. The molecule has 0 radical (unpaired) electrons. The highest BCUT2D eigenvalue weighted by Gasteiger charge is 2.10. The van der Waals surface area contributed by atoms with Crippen molar-refractivity contribution in [2.75, 3.05) is 0 Å². The molecule has 0 aromatic heterocycles. The number of aliphatic hydroxyl groups is 2. The van der Waals surface area contributed by atoms with Gasteiger partial charge in [0, 0.05) is 11.1 Å². The second-order valence-corrected chi connectivity index (χ2v) is 4.50. The minimum Gasteiger partial charge on any atom is -0.508 e. The Kier molecular flexibility index (Phi) is 6.54. The van der Waals surface area contributed by atoms with E-state index >= 15 is 0 Å². The van der Waals surface area contributed by atoms with Gasteiger partial charge in [-0.15, -0.1) is 0 Å². The summed E-state index contributed by atoms with van der Waals surface area (Å²) < 4.78 is 0. The van der Waals surface area contributed by atoms with E-state index in [2.05, 4.69) is 0 Å². The van der Waals surface area contributed by atoms with Crippen LogP contribution in [0.5, 0.6) is 11.5 Å². The Balaban J connectivity index is 0.000000225. The van der Waals surface area contributed by atoms with Gasteiger partial charge in [0.15, 0.2) is 0 Å². The van der Waals surface area contributed by atoms with Crippen LogP contribution in [-0.4, -0.2) is 20.4 Å². The van der Waals surface area contributed by atoms with E-state index in [1.165, 1.54) is 50.7 Å². The number of rotatable bonds is 2. The number of aromatic hydroxyl groups is 2. The zero-order valence-corrected chi connectivity index (χ0v) is 10.6. The first-order chi connectivity index (χ1) is 8.70. The predicted octanol–water partition coefficient (Wildman–Crippen LogP) is 2.42. The lowest BCUT2D eigenvalue weighted by atomic mass is 10.0. The summed E-state index contributed by atoms with van der Waals surface area (Å²) in [6.07, 6.45) is 9.00. The molecule has 1 fully saturated rings. The molecule has 0 saturated heterocycles. The zero-order chi connectivity index (χ0) is 13.4. The third-order valence-corrected chi connectivity index (χ3v) is 3.20. The van der Waals surface area contributed by atoms with Gasteiger partial charge in [0.05, 0.1) is 13.2 Å². The summed E-state index contributed by atoms with van der Waals surface area (Å²) in [4.78, 5) is 0. The smallest absolute Gasteiger partial charge is 0.121 e. The maximum atomic E-state index is 9.16. The van der Waals surface area contributed by atoms with Gasteiger partial charge in [0.1, 0.15) is 11.5 Å². The maximum Gasteiger partial charge on any atom is 0.121 e. The minimum atomic E-state index is -0.407. The van der Waals surface area contributed by atoms with Crippen molar-refractivity contribution in [2.45, 2.75) is 51.7 Å². The fourth-order valence-corrected chi connectivity index (χ4v) is 2.08. The second-order valence-electron chi connectivity index (χ2n) is 4.50. The molecule has 4 N–H and O–H groups in total. The van der Waals surface area contributed by atoms with E-state index < -0.39 is 13.2 Å². The van der Waals surface area contributed by atoms with Crippen LogP contribution in [0.4, 0.5) is 0 Å². The van der Waals surface area contributed by atoms with E-state index in [0.717, 1.165) is 0 Å². The lowest BCUT2D eigenvalue weighted by Gasteiger charge is -2.08. The molecule has 0 aliphatic heterocycles. The Bertz CT molecular complexity index is 319. The summed E-state index contributed by atoms with van der Waals surface area (Å²) in [5, 5.41) is 35.9. The molecule has 18 heavy (non-hydrogen) atoms. The minimum absolute atomic E-state index is 0.126. The van der Waals surface area contributed by atoms with Gasteiger partial charge in [-0.1, -0.05) is 38.5 Å². The van der Waals surface area contributed by atoms with Crippen molar-refractivity contribution in [2.24, 2.45) is 0 Å². The van der Waals surface area contributed by atoms with Gasteiger partial charge in [-0.3, -0.25) is 0 Å². The summed E-state index contributed by atoms with van der Waals surface area (Å²) in [5.74, 6) is -0.251. The van der Waals surface area contributed by atoms with Crippen LogP contribution >= 0.6 is 0 Å². The van der Waals surface area contributed by atoms with E-state index in [1.807, 2.05) is 0 Å². The van der Waals surface area contributed by atoms with Crippen molar-refractivity contribution in [1.82, 2.24) is 0 Å². The Hall–Kier alpha value is -1.26. The molecule has 0 atom stereocenters. The largest absolute Gasteiger partial charge is 0.508 e. The summed E-state index contributed by atoms with van der Waals surface area (Å²) >= 11 is 0. The molecule has 0 heterocycles. The maximum absolute atomic E-state index is 9.16. The zero-order valence-electron chi connectivity index (χ0n) is 10.6. The molecule has 0 amide bonds. The predicted molar refractivity (Wildman–Crippen MR) is 69.3 cm³/mol. The summed E-state index contributed by atoms with van der Waals surface area (Å²) in [5.41, 5.74) is 0.329. The van der Waals surface area contributed by atoms with E-state index in [9.17, 15) is 0 Å². The molecule has 1 saturated carbocycles. The van der Waals surface area contributed by atoms with Crippen molar-refractivity contribution in [1.29, 1.82) is 0 Å². The molecular formula is C14H22O4. The van der Waals surface area contributed by atoms with Gasteiger partial charge in [0.2, 0.25) is 0 Å². The first-order valence-electron chi connectivity index (χ1n) is 6.45. The van der Waals surface area contributed by atoms with Crippen LogP contribution in [0.3, 0.4) is 0 Å². The summed E-state index contributed by atoms with van der Waals surface area (Å²) in [6, 6.07) is 2.53. The van der Waals surface area contributed by atoms with Gasteiger partial charge in [-0.25, -0.2) is 0 Å². The van der Waals surface area contributed by atoms with E-state index in [1.54, 1.807) is 0 Å². The Morgan fingerprint density at radius 3 is 1.17 bits per heavy atom. The van der Waals surface area contributed by atoms with Gasteiger partial charge in [0.25, 0.3) is 0 Å².